The van der Waals surface area contributed by atoms with Crippen LogP contribution < -0.4 is 5.73 Å². The molecule has 1 saturated heterocycles. The fourth-order valence-corrected chi connectivity index (χ4v) is 2.29. The molecule has 0 aromatic rings. The lowest BCUT2D eigenvalue weighted by atomic mass is 9.95. The molecular formula is C12H21NO2. The molecule has 2 atom stereocenters. The van der Waals surface area contributed by atoms with Gasteiger partial charge < -0.3 is 15.2 Å². The Hall–Kier alpha value is -0.540. The Bertz CT molecular complexity index is 222. The van der Waals surface area contributed by atoms with Gasteiger partial charge in [0.25, 0.3) is 0 Å². The van der Waals surface area contributed by atoms with Crippen LogP contribution in [-0.2, 0) is 9.47 Å². The molecular weight excluding hydrogens is 190 g/mol. The number of hydrogen-bond donors (Lipinski definition) is 1. The van der Waals surface area contributed by atoms with Crippen LogP contribution in [0.15, 0.2) is 11.8 Å². The zero-order valence-corrected chi connectivity index (χ0v) is 9.28. The van der Waals surface area contributed by atoms with Crippen molar-refractivity contribution >= 4 is 0 Å². The monoisotopic (exact) mass is 211 g/mol. The van der Waals surface area contributed by atoms with Crippen LogP contribution in [-0.4, -0.2) is 25.4 Å². The second-order valence-electron chi connectivity index (χ2n) is 4.50. The van der Waals surface area contributed by atoms with Crippen molar-refractivity contribution in [1.29, 1.82) is 0 Å². The molecule has 2 aliphatic rings. The smallest absolute Gasteiger partial charge is 0.0876 e. The van der Waals surface area contributed by atoms with Gasteiger partial charge in [0.1, 0.15) is 0 Å². The highest BCUT2D eigenvalue weighted by atomic mass is 16.5. The van der Waals surface area contributed by atoms with Gasteiger partial charge >= 0.3 is 0 Å². The summed E-state index contributed by atoms with van der Waals surface area (Å²) in [6, 6.07) is 0.133. The summed E-state index contributed by atoms with van der Waals surface area (Å²) in [6.45, 7) is 1.75. The third-order valence-electron chi connectivity index (χ3n) is 3.23. The minimum absolute atomic E-state index is 0.133. The van der Waals surface area contributed by atoms with Gasteiger partial charge in [-0.05, 0) is 44.1 Å². The molecule has 0 saturated carbocycles. The molecule has 2 N–H and O–H groups in total. The standard InChI is InChI=1S/C12H21NO2/c13-12(10-4-3-6-14-9-10)8-11-5-1-2-7-15-11/h9,11-12H,1-8,13H2. The number of rotatable bonds is 3. The third-order valence-corrected chi connectivity index (χ3v) is 3.23. The minimum atomic E-state index is 0.133. The molecule has 0 aromatic heterocycles. The van der Waals surface area contributed by atoms with Crippen molar-refractivity contribution in [3.8, 4) is 0 Å². The summed E-state index contributed by atoms with van der Waals surface area (Å²) in [5, 5.41) is 0. The summed E-state index contributed by atoms with van der Waals surface area (Å²) in [7, 11) is 0. The van der Waals surface area contributed by atoms with E-state index in [2.05, 4.69) is 0 Å². The first kappa shape index (κ1) is 11.0. The molecule has 0 amide bonds. The molecule has 15 heavy (non-hydrogen) atoms. The summed E-state index contributed by atoms with van der Waals surface area (Å²) < 4.78 is 11.0. The Morgan fingerprint density at radius 3 is 2.93 bits per heavy atom. The van der Waals surface area contributed by atoms with E-state index in [9.17, 15) is 0 Å². The van der Waals surface area contributed by atoms with E-state index in [0.29, 0.717) is 6.10 Å². The molecule has 0 radical (unpaired) electrons. The van der Waals surface area contributed by atoms with Crippen molar-refractivity contribution in [2.45, 2.75) is 50.7 Å². The van der Waals surface area contributed by atoms with Crippen molar-refractivity contribution in [3.05, 3.63) is 11.8 Å². The maximum Gasteiger partial charge on any atom is 0.0876 e. The molecule has 86 valence electrons. The van der Waals surface area contributed by atoms with Crippen molar-refractivity contribution < 1.29 is 9.47 Å². The highest BCUT2D eigenvalue weighted by molar-refractivity contribution is 5.09. The Kier molecular flexibility index (Phi) is 4.03. The van der Waals surface area contributed by atoms with E-state index in [1.807, 2.05) is 6.26 Å². The van der Waals surface area contributed by atoms with E-state index in [4.69, 9.17) is 15.2 Å². The van der Waals surface area contributed by atoms with Crippen LogP contribution in [0, 0.1) is 0 Å². The fraction of sp³-hybridized carbons (Fsp3) is 0.833. The van der Waals surface area contributed by atoms with Crippen LogP contribution in [0.3, 0.4) is 0 Å². The normalized spacial score (nSPS) is 29.1. The topological polar surface area (TPSA) is 44.5 Å². The average molecular weight is 211 g/mol. The van der Waals surface area contributed by atoms with E-state index in [1.165, 1.54) is 24.8 Å². The van der Waals surface area contributed by atoms with Crippen LogP contribution in [0.4, 0.5) is 0 Å². The quantitative estimate of drug-likeness (QED) is 0.776. The Morgan fingerprint density at radius 2 is 2.27 bits per heavy atom. The van der Waals surface area contributed by atoms with Gasteiger partial charge in [0.15, 0.2) is 0 Å². The molecule has 1 fully saturated rings. The molecule has 0 spiro atoms. The van der Waals surface area contributed by atoms with Gasteiger partial charge in [-0.25, -0.2) is 0 Å². The first-order chi connectivity index (χ1) is 7.36. The van der Waals surface area contributed by atoms with Gasteiger partial charge in [-0.2, -0.15) is 0 Å². The predicted octanol–water partition coefficient (Wildman–Crippen LogP) is 1.97. The largest absolute Gasteiger partial charge is 0.501 e. The molecule has 2 heterocycles. The van der Waals surface area contributed by atoms with Crippen LogP contribution in [0.1, 0.15) is 38.5 Å². The van der Waals surface area contributed by atoms with Crippen LogP contribution in [0.5, 0.6) is 0 Å². The molecule has 3 heteroatoms. The highest BCUT2D eigenvalue weighted by Crippen LogP contribution is 2.22. The first-order valence-electron chi connectivity index (χ1n) is 6.04. The fourth-order valence-electron chi connectivity index (χ4n) is 2.29. The van der Waals surface area contributed by atoms with Gasteiger partial charge in [0.05, 0.1) is 19.0 Å². The number of nitrogens with two attached hydrogens (primary N) is 1. The third kappa shape index (κ3) is 3.21. The second kappa shape index (κ2) is 5.52. The Morgan fingerprint density at radius 1 is 1.33 bits per heavy atom. The molecule has 2 unspecified atom stereocenters. The summed E-state index contributed by atoms with van der Waals surface area (Å²) in [6.07, 6.45) is 9.04. The van der Waals surface area contributed by atoms with E-state index in [1.54, 1.807) is 0 Å². The van der Waals surface area contributed by atoms with E-state index in [0.717, 1.165) is 32.5 Å². The van der Waals surface area contributed by atoms with Crippen molar-refractivity contribution in [2.75, 3.05) is 13.2 Å². The van der Waals surface area contributed by atoms with Crippen molar-refractivity contribution in [1.82, 2.24) is 0 Å². The molecule has 2 aliphatic heterocycles. The van der Waals surface area contributed by atoms with Crippen LogP contribution in [0.25, 0.3) is 0 Å². The lowest BCUT2D eigenvalue weighted by Crippen LogP contribution is -2.32. The highest BCUT2D eigenvalue weighted by Gasteiger charge is 2.20. The number of hydrogen-bond acceptors (Lipinski definition) is 3. The van der Waals surface area contributed by atoms with Gasteiger partial charge in [0, 0.05) is 12.6 Å². The summed E-state index contributed by atoms with van der Waals surface area (Å²) in [4.78, 5) is 0. The van der Waals surface area contributed by atoms with Gasteiger partial charge in [-0.15, -0.1) is 0 Å². The Balaban J connectivity index is 1.79. The maximum absolute atomic E-state index is 6.15. The number of ether oxygens (including phenoxy) is 2. The minimum Gasteiger partial charge on any atom is -0.501 e. The molecule has 2 rings (SSSR count). The predicted molar refractivity (Wildman–Crippen MR) is 59.5 cm³/mol. The summed E-state index contributed by atoms with van der Waals surface area (Å²) in [5.41, 5.74) is 7.41. The van der Waals surface area contributed by atoms with Gasteiger partial charge in [-0.3, -0.25) is 0 Å². The van der Waals surface area contributed by atoms with Gasteiger partial charge in [0.2, 0.25) is 0 Å². The van der Waals surface area contributed by atoms with Crippen molar-refractivity contribution in [2.24, 2.45) is 5.73 Å². The van der Waals surface area contributed by atoms with E-state index in [-0.39, 0.29) is 6.04 Å². The van der Waals surface area contributed by atoms with Gasteiger partial charge in [-0.1, -0.05) is 0 Å². The molecule has 3 nitrogen and oxygen atoms in total. The second-order valence-corrected chi connectivity index (χ2v) is 4.50. The molecule has 0 aromatic carbocycles. The van der Waals surface area contributed by atoms with E-state index < -0.39 is 0 Å². The lowest BCUT2D eigenvalue weighted by Gasteiger charge is -2.27. The Labute approximate surface area is 91.6 Å². The first-order valence-corrected chi connectivity index (χ1v) is 6.04. The SMILES string of the molecule is NC(CC1CCCCO1)C1=COCCC1. The summed E-state index contributed by atoms with van der Waals surface area (Å²) >= 11 is 0. The van der Waals surface area contributed by atoms with Crippen molar-refractivity contribution in [3.63, 3.8) is 0 Å². The zero-order chi connectivity index (χ0) is 10.5. The zero-order valence-electron chi connectivity index (χ0n) is 9.28. The average Bonchev–Trinajstić information content (AvgIpc) is 2.31. The maximum atomic E-state index is 6.15. The summed E-state index contributed by atoms with van der Waals surface area (Å²) in [5.74, 6) is 0. The molecule has 0 aliphatic carbocycles. The molecule has 0 bridgehead atoms. The van der Waals surface area contributed by atoms with Crippen LogP contribution >= 0.6 is 0 Å². The van der Waals surface area contributed by atoms with Crippen LogP contribution in [0.2, 0.25) is 0 Å². The van der Waals surface area contributed by atoms with E-state index >= 15 is 0 Å². The lowest BCUT2D eigenvalue weighted by molar-refractivity contribution is 0.00864.